The summed E-state index contributed by atoms with van der Waals surface area (Å²) in [5.74, 6) is 0.810. The predicted molar refractivity (Wildman–Crippen MR) is 83.3 cm³/mol. The summed E-state index contributed by atoms with van der Waals surface area (Å²) in [6.45, 7) is 1.02. The molecule has 116 valence electrons. The summed E-state index contributed by atoms with van der Waals surface area (Å²) in [6.07, 6.45) is 0.460. The molecule has 22 heavy (non-hydrogen) atoms. The van der Waals surface area contributed by atoms with Crippen LogP contribution in [-0.2, 0) is 6.42 Å². The third-order valence-corrected chi connectivity index (χ3v) is 4.38. The van der Waals surface area contributed by atoms with Gasteiger partial charge in [0.1, 0.15) is 5.82 Å². The van der Waals surface area contributed by atoms with Crippen LogP contribution in [0.15, 0.2) is 33.5 Å². The Hall–Kier alpha value is -2.09. The summed E-state index contributed by atoms with van der Waals surface area (Å²) in [7, 11) is 0. The fourth-order valence-electron chi connectivity index (χ4n) is 2.75. The van der Waals surface area contributed by atoms with Crippen molar-refractivity contribution in [1.82, 2.24) is 19.7 Å². The highest BCUT2D eigenvalue weighted by Crippen LogP contribution is 2.21. The zero-order valence-corrected chi connectivity index (χ0v) is 13.3. The SMILES string of the molecule is O=C(O)N1CC[C@@H](Cc2n[nH]c(=O)n2-c2ccc(Br)cc2)C1. The molecule has 2 heterocycles. The van der Waals surface area contributed by atoms with Crippen molar-refractivity contribution < 1.29 is 9.90 Å². The molecular formula is C14H15BrN4O3. The average molecular weight is 367 g/mol. The van der Waals surface area contributed by atoms with Crippen LogP contribution in [0.3, 0.4) is 0 Å². The van der Waals surface area contributed by atoms with Gasteiger partial charge in [0, 0.05) is 24.0 Å². The van der Waals surface area contributed by atoms with Crippen LogP contribution in [-0.4, -0.2) is 44.0 Å². The minimum absolute atomic E-state index is 0.181. The summed E-state index contributed by atoms with van der Waals surface area (Å²) in [5, 5.41) is 15.6. The third-order valence-electron chi connectivity index (χ3n) is 3.85. The molecular weight excluding hydrogens is 352 g/mol. The molecule has 3 rings (SSSR count). The Morgan fingerprint density at radius 3 is 2.77 bits per heavy atom. The first-order chi connectivity index (χ1) is 10.5. The molecule has 1 aromatic carbocycles. The number of rotatable bonds is 3. The number of aromatic amines is 1. The zero-order chi connectivity index (χ0) is 15.7. The molecule has 2 aromatic rings. The molecule has 1 aliphatic heterocycles. The number of likely N-dealkylation sites (tertiary alicyclic amines) is 1. The number of halogens is 1. The van der Waals surface area contributed by atoms with Crippen LogP contribution in [0.25, 0.3) is 5.69 Å². The normalized spacial score (nSPS) is 17.9. The summed E-state index contributed by atoms with van der Waals surface area (Å²) in [4.78, 5) is 24.4. The first kappa shape index (κ1) is 14.8. The summed E-state index contributed by atoms with van der Waals surface area (Å²) in [5.41, 5.74) is 0.454. The fourth-order valence-corrected chi connectivity index (χ4v) is 3.02. The predicted octanol–water partition coefficient (Wildman–Crippen LogP) is 1.87. The molecule has 2 N–H and O–H groups in total. The van der Waals surface area contributed by atoms with Crippen molar-refractivity contribution in [2.24, 2.45) is 5.92 Å². The lowest BCUT2D eigenvalue weighted by Crippen LogP contribution is -2.27. The van der Waals surface area contributed by atoms with Crippen LogP contribution in [0.2, 0.25) is 0 Å². The van der Waals surface area contributed by atoms with Crippen LogP contribution >= 0.6 is 15.9 Å². The van der Waals surface area contributed by atoms with Crippen molar-refractivity contribution in [3.8, 4) is 5.69 Å². The minimum atomic E-state index is -0.894. The molecule has 0 bridgehead atoms. The monoisotopic (exact) mass is 366 g/mol. The molecule has 1 atom stereocenters. The average Bonchev–Trinajstić information content (AvgIpc) is 3.08. The van der Waals surface area contributed by atoms with Gasteiger partial charge in [-0.05, 0) is 36.6 Å². The number of aromatic nitrogens is 3. The van der Waals surface area contributed by atoms with Crippen molar-refractivity contribution >= 4 is 22.0 Å². The lowest BCUT2D eigenvalue weighted by atomic mass is 10.0. The Kier molecular flexibility index (Phi) is 4.02. The van der Waals surface area contributed by atoms with Gasteiger partial charge in [0.2, 0.25) is 0 Å². The number of nitrogens with zero attached hydrogens (tertiary/aromatic N) is 3. The van der Waals surface area contributed by atoms with E-state index in [1.807, 2.05) is 24.3 Å². The van der Waals surface area contributed by atoms with Gasteiger partial charge in [-0.15, -0.1) is 0 Å². The van der Waals surface area contributed by atoms with Crippen LogP contribution in [0, 0.1) is 5.92 Å². The van der Waals surface area contributed by atoms with Crippen LogP contribution < -0.4 is 5.69 Å². The van der Waals surface area contributed by atoms with Crippen LogP contribution in [0.4, 0.5) is 4.79 Å². The molecule has 0 saturated carbocycles. The Morgan fingerprint density at radius 2 is 2.14 bits per heavy atom. The highest BCUT2D eigenvalue weighted by molar-refractivity contribution is 9.10. The molecule has 7 nitrogen and oxygen atoms in total. The van der Waals surface area contributed by atoms with Crippen molar-refractivity contribution in [3.05, 3.63) is 45.0 Å². The highest BCUT2D eigenvalue weighted by Gasteiger charge is 2.27. The Balaban J connectivity index is 1.83. The van der Waals surface area contributed by atoms with E-state index < -0.39 is 6.09 Å². The Labute approximate surface area is 134 Å². The van der Waals surface area contributed by atoms with E-state index in [1.54, 1.807) is 0 Å². The molecule has 1 aliphatic rings. The Bertz CT molecular complexity index is 737. The van der Waals surface area contributed by atoms with Gasteiger partial charge in [0.15, 0.2) is 0 Å². The van der Waals surface area contributed by atoms with Gasteiger partial charge in [-0.25, -0.2) is 19.3 Å². The molecule has 8 heteroatoms. The van der Waals surface area contributed by atoms with Gasteiger partial charge in [-0.1, -0.05) is 15.9 Å². The lowest BCUT2D eigenvalue weighted by molar-refractivity contribution is 0.154. The maximum atomic E-state index is 12.0. The first-order valence-corrected chi connectivity index (χ1v) is 7.74. The second-order valence-electron chi connectivity index (χ2n) is 5.34. The lowest BCUT2D eigenvalue weighted by Gasteiger charge is -2.12. The number of hydrogen-bond donors (Lipinski definition) is 2. The minimum Gasteiger partial charge on any atom is -0.465 e. The zero-order valence-electron chi connectivity index (χ0n) is 11.7. The number of benzene rings is 1. The molecule has 0 aliphatic carbocycles. The van der Waals surface area contributed by atoms with Crippen molar-refractivity contribution in [2.45, 2.75) is 12.8 Å². The number of H-pyrrole nitrogens is 1. The number of carboxylic acid groups (broad SMARTS) is 1. The molecule has 0 spiro atoms. The number of carbonyl (C=O) groups is 1. The standard InChI is InChI=1S/C14H15BrN4O3/c15-10-1-3-11(4-2-10)19-12(16-17-13(19)20)7-9-5-6-18(8-9)14(21)22/h1-4,9H,5-8H2,(H,17,20)(H,21,22)/t9-/m0/s1. The van der Waals surface area contributed by atoms with E-state index in [4.69, 9.17) is 5.11 Å². The molecule has 1 saturated heterocycles. The second-order valence-corrected chi connectivity index (χ2v) is 6.26. The quantitative estimate of drug-likeness (QED) is 0.867. The molecule has 0 radical (unpaired) electrons. The van der Waals surface area contributed by atoms with Crippen molar-refractivity contribution in [3.63, 3.8) is 0 Å². The van der Waals surface area contributed by atoms with Crippen molar-refractivity contribution in [2.75, 3.05) is 13.1 Å². The van der Waals surface area contributed by atoms with Gasteiger partial charge in [-0.3, -0.25) is 0 Å². The number of amides is 1. The van der Waals surface area contributed by atoms with Gasteiger partial charge >= 0.3 is 11.8 Å². The van der Waals surface area contributed by atoms with E-state index in [0.717, 1.165) is 16.6 Å². The van der Waals surface area contributed by atoms with E-state index in [-0.39, 0.29) is 11.6 Å². The maximum Gasteiger partial charge on any atom is 0.407 e. The van der Waals surface area contributed by atoms with Crippen LogP contribution in [0.5, 0.6) is 0 Å². The van der Waals surface area contributed by atoms with E-state index in [1.165, 1.54) is 9.47 Å². The largest absolute Gasteiger partial charge is 0.465 e. The fraction of sp³-hybridized carbons (Fsp3) is 0.357. The van der Waals surface area contributed by atoms with Gasteiger partial charge in [-0.2, -0.15) is 5.10 Å². The van der Waals surface area contributed by atoms with E-state index in [0.29, 0.717) is 25.3 Å². The third kappa shape index (κ3) is 2.92. The van der Waals surface area contributed by atoms with Gasteiger partial charge in [0.05, 0.1) is 5.69 Å². The number of nitrogens with one attached hydrogen (secondary N) is 1. The number of hydrogen-bond acceptors (Lipinski definition) is 3. The van der Waals surface area contributed by atoms with Crippen molar-refractivity contribution in [1.29, 1.82) is 0 Å². The topological polar surface area (TPSA) is 91.2 Å². The highest BCUT2D eigenvalue weighted by atomic mass is 79.9. The van der Waals surface area contributed by atoms with Gasteiger partial charge < -0.3 is 10.0 Å². The molecule has 1 aromatic heterocycles. The molecule has 1 amide bonds. The van der Waals surface area contributed by atoms with Crippen LogP contribution in [0.1, 0.15) is 12.2 Å². The smallest absolute Gasteiger partial charge is 0.407 e. The Morgan fingerprint density at radius 1 is 1.41 bits per heavy atom. The second kappa shape index (κ2) is 5.96. The van der Waals surface area contributed by atoms with E-state index >= 15 is 0 Å². The van der Waals surface area contributed by atoms with E-state index in [9.17, 15) is 9.59 Å². The van der Waals surface area contributed by atoms with Gasteiger partial charge in [0.25, 0.3) is 0 Å². The first-order valence-electron chi connectivity index (χ1n) is 6.94. The van der Waals surface area contributed by atoms with E-state index in [2.05, 4.69) is 26.1 Å². The molecule has 0 unspecified atom stereocenters. The maximum absolute atomic E-state index is 12.0. The summed E-state index contributed by atoms with van der Waals surface area (Å²) in [6, 6.07) is 7.39. The summed E-state index contributed by atoms with van der Waals surface area (Å²) < 4.78 is 2.47. The summed E-state index contributed by atoms with van der Waals surface area (Å²) >= 11 is 3.36. The molecule has 1 fully saturated rings.